The van der Waals surface area contributed by atoms with Gasteiger partial charge in [-0.15, -0.1) is 0 Å². The molecule has 0 heterocycles. The molecular formula is C16H16O3. The summed E-state index contributed by atoms with van der Waals surface area (Å²) in [7, 11) is 0. The Morgan fingerprint density at radius 1 is 1.11 bits per heavy atom. The van der Waals surface area contributed by atoms with Crippen LogP contribution in [0.3, 0.4) is 0 Å². The van der Waals surface area contributed by atoms with Crippen LogP contribution in [-0.4, -0.2) is 11.1 Å². The van der Waals surface area contributed by atoms with Crippen molar-refractivity contribution in [1.29, 1.82) is 0 Å². The molecule has 0 radical (unpaired) electrons. The minimum absolute atomic E-state index is 0.0490. The van der Waals surface area contributed by atoms with E-state index < -0.39 is 5.97 Å². The molecule has 0 fully saturated rings. The largest absolute Gasteiger partial charge is 0.507 e. The van der Waals surface area contributed by atoms with Gasteiger partial charge in [-0.05, 0) is 35.7 Å². The maximum absolute atomic E-state index is 11.9. The Hall–Kier alpha value is -2.29. The van der Waals surface area contributed by atoms with E-state index in [0.29, 0.717) is 11.7 Å². The number of aromatic hydroxyl groups is 1. The van der Waals surface area contributed by atoms with E-state index in [2.05, 4.69) is 0 Å². The molecule has 0 aliphatic carbocycles. The number of hydrogen-bond donors (Lipinski definition) is 1. The van der Waals surface area contributed by atoms with E-state index >= 15 is 0 Å². The number of phenolic OH excluding ortho intramolecular Hbond substituents is 1. The van der Waals surface area contributed by atoms with Crippen LogP contribution in [0.4, 0.5) is 0 Å². The number of rotatable bonds is 3. The second kappa shape index (κ2) is 5.57. The fourth-order valence-electron chi connectivity index (χ4n) is 1.73. The van der Waals surface area contributed by atoms with Crippen LogP contribution in [0.5, 0.6) is 11.5 Å². The zero-order valence-electron chi connectivity index (χ0n) is 11.0. The van der Waals surface area contributed by atoms with Gasteiger partial charge in [-0.1, -0.05) is 38.1 Å². The summed E-state index contributed by atoms with van der Waals surface area (Å²) in [5, 5.41) is 9.89. The van der Waals surface area contributed by atoms with Crippen LogP contribution in [0.2, 0.25) is 0 Å². The van der Waals surface area contributed by atoms with Gasteiger partial charge in [-0.2, -0.15) is 0 Å². The summed E-state index contributed by atoms with van der Waals surface area (Å²) < 4.78 is 5.18. The standard InChI is InChI=1S/C16H16O3/c1-11(2)12-8-9-14(15(17)10-12)16(18)19-13-6-4-3-5-7-13/h3-11,17H,1-2H3. The first-order valence-electron chi connectivity index (χ1n) is 6.18. The third-order valence-electron chi connectivity index (χ3n) is 2.86. The quantitative estimate of drug-likeness (QED) is 0.672. The van der Waals surface area contributed by atoms with Crippen molar-refractivity contribution in [2.24, 2.45) is 0 Å². The van der Waals surface area contributed by atoms with E-state index in [0.717, 1.165) is 5.56 Å². The summed E-state index contributed by atoms with van der Waals surface area (Å²) >= 11 is 0. The maximum atomic E-state index is 11.9. The Morgan fingerprint density at radius 2 is 1.79 bits per heavy atom. The summed E-state index contributed by atoms with van der Waals surface area (Å²) in [6.45, 7) is 4.05. The van der Waals surface area contributed by atoms with E-state index in [1.807, 2.05) is 26.0 Å². The van der Waals surface area contributed by atoms with Gasteiger partial charge in [0.2, 0.25) is 0 Å². The molecule has 0 bridgehead atoms. The molecule has 3 nitrogen and oxygen atoms in total. The van der Waals surface area contributed by atoms with Crippen molar-refractivity contribution in [3.8, 4) is 11.5 Å². The van der Waals surface area contributed by atoms with Crippen molar-refractivity contribution in [1.82, 2.24) is 0 Å². The predicted molar refractivity (Wildman–Crippen MR) is 73.6 cm³/mol. The summed E-state index contributed by atoms with van der Waals surface area (Å²) in [6.07, 6.45) is 0. The molecule has 2 aromatic rings. The first kappa shape index (κ1) is 13.1. The zero-order valence-corrected chi connectivity index (χ0v) is 11.0. The van der Waals surface area contributed by atoms with Gasteiger partial charge < -0.3 is 9.84 Å². The first-order valence-corrected chi connectivity index (χ1v) is 6.18. The summed E-state index contributed by atoms with van der Waals surface area (Å²) in [6, 6.07) is 13.8. The van der Waals surface area contributed by atoms with Crippen LogP contribution < -0.4 is 4.74 Å². The first-order chi connectivity index (χ1) is 9.08. The van der Waals surface area contributed by atoms with E-state index in [4.69, 9.17) is 4.74 Å². The molecule has 0 aliphatic heterocycles. The zero-order chi connectivity index (χ0) is 13.8. The van der Waals surface area contributed by atoms with Gasteiger partial charge in [0.1, 0.15) is 17.1 Å². The third kappa shape index (κ3) is 3.13. The normalized spacial score (nSPS) is 10.5. The molecule has 19 heavy (non-hydrogen) atoms. The van der Waals surface area contributed by atoms with E-state index in [-0.39, 0.29) is 11.3 Å². The fraction of sp³-hybridized carbons (Fsp3) is 0.188. The monoisotopic (exact) mass is 256 g/mol. The minimum Gasteiger partial charge on any atom is -0.507 e. The highest BCUT2D eigenvalue weighted by atomic mass is 16.5. The van der Waals surface area contributed by atoms with Crippen LogP contribution in [0.15, 0.2) is 48.5 Å². The van der Waals surface area contributed by atoms with Gasteiger partial charge in [-0.25, -0.2) is 4.79 Å². The van der Waals surface area contributed by atoms with Gasteiger partial charge in [-0.3, -0.25) is 0 Å². The lowest BCUT2D eigenvalue weighted by Gasteiger charge is -2.09. The van der Waals surface area contributed by atoms with Gasteiger partial charge in [0.05, 0.1) is 0 Å². The Bertz CT molecular complexity index is 574. The molecule has 98 valence electrons. The highest BCUT2D eigenvalue weighted by Gasteiger charge is 2.14. The number of hydrogen-bond acceptors (Lipinski definition) is 3. The number of esters is 1. The Labute approximate surface area is 112 Å². The molecule has 0 saturated heterocycles. The molecule has 2 aromatic carbocycles. The highest BCUT2D eigenvalue weighted by Crippen LogP contribution is 2.24. The van der Waals surface area contributed by atoms with Crippen molar-refractivity contribution in [3.63, 3.8) is 0 Å². The highest BCUT2D eigenvalue weighted by molar-refractivity contribution is 5.93. The number of carbonyl (C=O) groups is 1. The molecule has 0 aliphatic rings. The van der Waals surface area contributed by atoms with Crippen LogP contribution >= 0.6 is 0 Å². The SMILES string of the molecule is CC(C)c1ccc(C(=O)Oc2ccccc2)c(O)c1. The Balaban J connectivity index is 2.20. The van der Waals surface area contributed by atoms with Crippen molar-refractivity contribution in [2.45, 2.75) is 19.8 Å². The van der Waals surface area contributed by atoms with Crippen LogP contribution in [0, 0.1) is 0 Å². The minimum atomic E-state index is -0.556. The molecule has 0 unspecified atom stereocenters. The Kier molecular flexibility index (Phi) is 3.85. The molecule has 3 heteroatoms. The average molecular weight is 256 g/mol. The van der Waals surface area contributed by atoms with Gasteiger partial charge in [0.25, 0.3) is 0 Å². The molecular weight excluding hydrogens is 240 g/mol. The number of para-hydroxylation sites is 1. The van der Waals surface area contributed by atoms with E-state index in [1.54, 1.807) is 36.4 Å². The summed E-state index contributed by atoms with van der Waals surface area (Å²) in [4.78, 5) is 11.9. The average Bonchev–Trinajstić information content (AvgIpc) is 2.39. The molecule has 0 spiro atoms. The molecule has 0 saturated carbocycles. The van der Waals surface area contributed by atoms with Crippen LogP contribution in [-0.2, 0) is 0 Å². The van der Waals surface area contributed by atoms with Crippen molar-refractivity contribution in [2.75, 3.05) is 0 Å². The van der Waals surface area contributed by atoms with E-state index in [1.165, 1.54) is 0 Å². The van der Waals surface area contributed by atoms with Crippen LogP contribution in [0.25, 0.3) is 0 Å². The second-order valence-electron chi connectivity index (χ2n) is 4.63. The lowest BCUT2D eigenvalue weighted by molar-refractivity contribution is 0.0731. The van der Waals surface area contributed by atoms with Gasteiger partial charge in [0.15, 0.2) is 0 Å². The van der Waals surface area contributed by atoms with Crippen molar-refractivity contribution in [3.05, 3.63) is 59.7 Å². The van der Waals surface area contributed by atoms with Crippen LogP contribution in [0.1, 0.15) is 35.7 Å². The summed E-state index contributed by atoms with van der Waals surface area (Å²) in [5.74, 6) is 0.149. The lowest BCUT2D eigenvalue weighted by atomic mass is 10.0. The van der Waals surface area contributed by atoms with E-state index in [9.17, 15) is 9.90 Å². The summed E-state index contributed by atoms with van der Waals surface area (Å²) in [5.41, 5.74) is 1.15. The van der Waals surface area contributed by atoms with Crippen molar-refractivity contribution < 1.29 is 14.6 Å². The molecule has 1 N–H and O–H groups in total. The Morgan fingerprint density at radius 3 is 2.37 bits per heavy atom. The predicted octanol–water partition coefficient (Wildman–Crippen LogP) is 3.73. The smallest absolute Gasteiger partial charge is 0.347 e. The molecule has 0 aromatic heterocycles. The topological polar surface area (TPSA) is 46.5 Å². The molecule has 2 rings (SSSR count). The number of benzene rings is 2. The molecule has 0 atom stereocenters. The fourth-order valence-corrected chi connectivity index (χ4v) is 1.73. The van der Waals surface area contributed by atoms with Gasteiger partial charge >= 0.3 is 5.97 Å². The van der Waals surface area contributed by atoms with Crippen molar-refractivity contribution >= 4 is 5.97 Å². The second-order valence-corrected chi connectivity index (χ2v) is 4.63. The maximum Gasteiger partial charge on any atom is 0.347 e. The number of ether oxygens (including phenoxy) is 1. The van der Waals surface area contributed by atoms with Gasteiger partial charge in [0, 0.05) is 0 Å². The number of carbonyl (C=O) groups excluding carboxylic acids is 1. The molecule has 0 amide bonds. The number of phenols is 1. The lowest BCUT2D eigenvalue weighted by Crippen LogP contribution is -2.09. The third-order valence-corrected chi connectivity index (χ3v) is 2.86.